The number of rotatable bonds is 3. The minimum Gasteiger partial charge on any atom is -0.268 e. The fourth-order valence-electron chi connectivity index (χ4n) is 2.23. The lowest BCUT2D eigenvalue weighted by Gasteiger charge is -2.06. The highest BCUT2D eigenvalue weighted by Gasteiger charge is 2.05. The SMILES string of the molecule is Cc1ccc(F)cc1Cn1cc(-c2ccc(I)cc2)cn1. The van der Waals surface area contributed by atoms with Crippen LogP contribution in [0.5, 0.6) is 0 Å². The summed E-state index contributed by atoms with van der Waals surface area (Å²) >= 11 is 2.29. The number of hydrogen-bond acceptors (Lipinski definition) is 1. The lowest BCUT2D eigenvalue weighted by atomic mass is 10.1. The smallest absolute Gasteiger partial charge is 0.123 e. The van der Waals surface area contributed by atoms with E-state index in [0.29, 0.717) is 6.54 Å². The maximum Gasteiger partial charge on any atom is 0.123 e. The third kappa shape index (κ3) is 3.32. The molecule has 1 heterocycles. The molecule has 2 nitrogen and oxygen atoms in total. The maximum atomic E-state index is 13.3. The first kappa shape index (κ1) is 14.3. The van der Waals surface area contributed by atoms with Crippen LogP contribution in [0.4, 0.5) is 4.39 Å². The molecule has 3 rings (SSSR count). The van der Waals surface area contributed by atoms with Crippen LogP contribution in [0, 0.1) is 16.3 Å². The first-order chi connectivity index (χ1) is 10.1. The fourth-order valence-corrected chi connectivity index (χ4v) is 2.59. The normalized spacial score (nSPS) is 10.8. The summed E-state index contributed by atoms with van der Waals surface area (Å²) in [6.07, 6.45) is 3.84. The Balaban J connectivity index is 1.85. The molecule has 0 aliphatic heterocycles. The maximum absolute atomic E-state index is 13.3. The second-order valence-corrected chi connectivity index (χ2v) is 6.25. The minimum atomic E-state index is -0.208. The van der Waals surface area contributed by atoms with Gasteiger partial charge in [0.1, 0.15) is 5.82 Å². The third-order valence-electron chi connectivity index (χ3n) is 3.45. The van der Waals surface area contributed by atoms with E-state index in [4.69, 9.17) is 0 Å². The van der Waals surface area contributed by atoms with Gasteiger partial charge in [-0.25, -0.2) is 4.39 Å². The van der Waals surface area contributed by atoms with Gasteiger partial charge in [0.2, 0.25) is 0 Å². The molecule has 0 fully saturated rings. The van der Waals surface area contributed by atoms with Crippen molar-refractivity contribution in [2.45, 2.75) is 13.5 Å². The second-order valence-electron chi connectivity index (χ2n) is 5.00. The number of hydrogen-bond donors (Lipinski definition) is 0. The van der Waals surface area contributed by atoms with Crippen LogP contribution >= 0.6 is 22.6 Å². The number of aryl methyl sites for hydroxylation is 1. The van der Waals surface area contributed by atoms with E-state index in [2.05, 4.69) is 52.0 Å². The van der Waals surface area contributed by atoms with Crippen LogP contribution in [-0.2, 0) is 6.54 Å². The van der Waals surface area contributed by atoms with Crippen molar-refractivity contribution in [3.63, 3.8) is 0 Å². The van der Waals surface area contributed by atoms with Gasteiger partial charge in [0.05, 0.1) is 12.7 Å². The van der Waals surface area contributed by atoms with Gasteiger partial charge in [0, 0.05) is 15.3 Å². The van der Waals surface area contributed by atoms with Gasteiger partial charge in [0.15, 0.2) is 0 Å². The highest BCUT2D eigenvalue weighted by molar-refractivity contribution is 14.1. The van der Waals surface area contributed by atoms with Crippen LogP contribution in [0.2, 0.25) is 0 Å². The zero-order valence-electron chi connectivity index (χ0n) is 11.6. The van der Waals surface area contributed by atoms with E-state index in [1.54, 1.807) is 12.1 Å². The van der Waals surface area contributed by atoms with Gasteiger partial charge < -0.3 is 0 Å². The monoisotopic (exact) mass is 392 g/mol. The molecule has 0 unspecified atom stereocenters. The lowest BCUT2D eigenvalue weighted by Crippen LogP contribution is -2.02. The average Bonchev–Trinajstić information content (AvgIpc) is 2.92. The molecule has 0 saturated heterocycles. The molecule has 0 radical (unpaired) electrons. The van der Waals surface area contributed by atoms with Gasteiger partial charge in [-0.2, -0.15) is 5.10 Å². The van der Waals surface area contributed by atoms with Crippen molar-refractivity contribution in [3.8, 4) is 11.1 Å². The summed E-state index contributed by atoms with van der Waals surface area (Å²) in [5.74, 6) is -0.208. The molecule has 21 heavy (non-hydrogen) atoms. The number of benzene rings is 2. The molecule has 4 heteroatoms. The molecule has 0 N–H and O–H groups in total. The van der Waals surface area contributed by atoms with E-state index in [-0.39, 0.29) is 5.82 Å². The predicted octanol–water partition coefficient (Wildman–Crippen LogP) is 4.65. The van der Waals surface area contributed by atoms with Crippen LogP contribution in [0.1, 0.15) is 11.1 Å². The van der Waals surface area contributed by atoms with Gasteiger partial charge in [-0.3, -0.25) is 4.68 Å². The molecule has 0 spiro atoms. The van der Waals surface area contributed by atoms with Gasteiger partial charge >= 0.3 is 0 Å². The highest BCUT2D eigenvalue weighted by Crippen LogP contribution is 2.20. The molecule has 1 aromatic heterocycles. The Kier molecular flexibility index (Phi) is 4.05. The lowest BCUT2D eigenvalue weighted by molar-refractivity contribution is 0.618. The van der Waals surface area contributed by atoms with E-state index in [9.17, 15) is 4.39 Å². The van der Waals surface area contributed by atoms with Crippen LogP contribution in [0.3, 0.4) is 0 Å². The van der Waals surface area contributed by atoms with Gasteiger partial charge in [0.25, 0.3) is 0 Å². The van der Waals surface area contributed by atoms with Crippen molar-refractivity contribution in [1.82, 2.24) is 9.78 Å². The van der Waals surface area contributed by atoms with Gasteiger partial charge in [-0.05, 0) is 70.5 Å². The summed E-state index contributed by atoms with van der Waals surface area (Å²) < 4.78 is 16.4. The molecular weight excluding hydrogens is 378 g/mol. The molecule has 0 bridgehead atoms. The van der Waals surface area contributed by atoms with E-state index >= 15 is 0 Å². The van der Waals surface area contributed by atoms with E-state index < -0.39 is 0 Å². The summed E-state index contributed by atoms with van der Waals surface area (Å²) in [5, 5.41) is 4.37. The third-order valence-corrected chi connectivity index (χ3v) is 4.17. The summed E-state index contributed by atoms with van der Waals surface area (Å²) in [5.41, 5.74) is 4.23. The summed E-state index contributed by atoms with van der Waals surface area (Å²) in [4.78, 5) is 0. The molecule has 0 amide bonds. The predicted molar refractivity (Wildman–Crippen MR) is 90.6 cm³/mol. The zero-order chi connectivity index (χ0) is 14.8. The summed E-state index contributed by atoms with van der Waals surface area (Å²) in [7, 11) is 0. The van der Waals surface area contributed by atoms with Gasteiger partial charge in [-0.1, -0.05) is 18.2 Å². The van der Waals surface area contributed by atoms with Crippen molar-refractivity contribution >= 4 is 22.6 Å². The first-order valence-electron chi connectivity index (χ1n) is 6.65. The average molecular weight is 392 g/mol. The molecular formula is C17H14FIN2. The molecule has 0 aliphatic carbocycles. The van der Waals surface area contributed by atoms with Crippen molar-refractivity contribution in [2.24, 2.45) is 0 Å². The van der Waals surface area contributed by atoms with Crippen LogP contribution in [0.25, 0.3) is 11.1 Å². The Morgan fingerprint density at radius 1 is 1.10 bits per heavy atom. The molecule has 0 saturated carbocycles. The summed E-state index contributed by atoms with van der Waals surface area (Å²) in [6.45, 7) is 2.56. The van der Waals surface area contributed by atoms with E-state index in [1.807, 2.05) is 24.0 Å². The van der Waals surface area contributed by atoms with Crippen LogP contribution in [0.15, 0.2) is 54.9 Å². The Hall–Kier alpha value is -1.69. The van der Waals surface area contributed by atoms with Crippen LogP contribution < -0.4 is 0 Å². The Labute approximate surface area is 136 Å². The zero-order valence-corrected chi connectivity index (χ0v) is 13.7. The standard InChI is InChI=1S/C17H14FIN2/c1-12-2-5-16(18)8-14(12)10-21-11-15(9-20-21)13-3-6-17(19)7-4-13/h2-9,11H,10H2,1H3. The largest absolute Gasteiger partial charge is 0.268 e. The Morgan fingerprint density at radius 3 is 2.62 bits per heavy atom. The molecule has 0 aliphatic rings. The number of nitrogens with zero attached hydrogens (tertiary/aromatic N) is 2. The molecule has 2 aromatic carbocycles. The second kappa shape index (κ2) is 5.97. The van der Waals surface area contributed by atoms with E-state index in [1.165, 1.54) is 9.64 Å². The summed E-state index contributed by atoms with van der Waals surface area (Å²) in [6, 6.07) is 13.2. The molecule has 3 aromatic rings. The molecule has 0 atom stereocenters. The van der Waals surface area contributed by atoms with Gasteiger partial charge in [-0.15, -0.1) is 0 Å². The number of aromatic nitrogens is 2. The Bertz CT molecular complexity index is 763. The van der Waals surface area contributed by atoms with Crippen molar-refractivity contribution in [1.29, 1.82) is 0 Å². The van der Waals surface area contributed by atoms with Crippen molar-refractivity contribution in [3.05, 3.63) is 75.4 Å². The minimum absolute atomic E-state index is 0.208. The topological polar surface area (TPSA) is 17.8 Å². The fraction of sp³-hybridized carbons (Fsp3) is 0.118. The van der Waals surface area contributed by atoms with Crippen molar-refractivity contribution in [2.75, 3.05) is 0 Å². The van der Waals surface area contributed by atoms with Crippen LogP contribution in [-0.4, -0.2) is 9.78 Å². The van der Waals surface area contributed by atoms with Crippen molar-refractivity contribution < 1.29 is 4.39 Å². The Morgan fingerprint density at radius 2 is 1.86 bits per heavy atom. The molecule has 106 valence electrons. The quantitative estimate of drug-likeness (QED) is 0.594. The van der Waals surface area contributed by atoms with E-state index in [0.717, 1.165) is 22.3 Å². The first-order valence-corrected chi connectivity index (χ1v) is 7.73. The number of halogens is 2. The highest BCUT2D eigenvalue weighted by atomic mass is 127.